The Bertz CT molecular complexity index is 797. The Balaban J connectivity index is 2.95. The van der Waals surface area contributed by atoms with E-state index < -0.39 is 21.8 Å². The van der Waals surface area contributed by atoms with Crippen LogP contribution < -0.4 is 5.32 Å². The molecule has 0 radical (unpaired) electrons. The van der Waals surface area contributed by atoms with E-state index in [9.17, 15) is 14.2 Å². The van der Waals surface area contributed by atoms with E-state index in [1.54, 1.807) is 6.92 Å². The van der Waals surface area contributed by atoms with E-state index in [1.807, 2.05) is 44.2 Å². The number of benzene rings is 1. The maximum Gasteiger partial charge on any atom is 0.223 e. The molecule has 0 bridgehead atoms. The van der Waals surface area contributed by atoms with Gasteiger partial charge in [0.15, 0.2) is 8.32 Å². The molecule has 0 heterocycles. The second-order valence-corrected chi connectivity index (χ2v) is 17.7. The summed E-state index contributed by atoms with van der Waals surface area (Å²) in [6, 6.07) is 9.60. The maximum absolute atomic E-state index is 13.0. The summed E-state index contributed by atoms with van der Waals surface area (Å²) in [7, 11) is -5.23. The van der Waals surface area contributed by atoms with Gasteiger partial charge >= 0.3 is 0 Å². The van der Waals surface area contributed by atoms with Crippen molar-refractivity contribution >= 4 is 27.4 Å². The number of hydrogen-bond acceptors (Lipinski definition) is 5. The first-order chi connectivity index (χ1) is 15.2. The molecule has 0 aliphatic heterocycles. The van der Waals surface area contributed by atoms with Crippen LogP contribution in [0.1, 0.15) is 72.4 Å². The SMILES string of the molecule is CCCP(=O)(CC(=O)C[C@H](CC(=O)N[C@@H](C)c1ccccc1)O[Si](C)(C)C(C)(C)C)OCC. The van der Waals surface area contributed by atoms with Crippen molar-refractivity contribution in [3.05, 3.63) is 35.9 Å². The summed E-state index contributed by atoms with van der Waals surface area (Å²) in [5.74, 6) is -0.336. The number of amides is 1. The van der Waals surface area contributed by atoms with Crippen molar-refractivity contribution in [1.29, 1.82) is 0 Å². The van der Waals surface area contributed by atoms with Crippen LogP contribution in [0.15, 0.2) is 30.3 Å². The van der Waals surface area contributed by atoms with Gasteiger partial charge in [0.25, 0.3) is 0 Å². The minimum absolute atomic E-state index is 0.0560. The van der Waals surface area contributed by atoms with Gasteiger partial charge in [-0.15, -0.1) is 0 Å². The zero-order valence-electron chi connectivity index (χ0n) is 21.8. The lowest BCUT2D eigenvalue weighted by molar-refractivity contribution is -0.124. The molecular formula is C25H44NO5PSi. The molecule has 1 aromatic rings. The van der Waals surface area contributed by atoms with Crippen molar-refractivity contribution < 1.29 is 23.1 Å². The Kier molecular flexibility index (Phi) is 11.7. The van der Waals surface area contributed by atoms with Gasteiger partial charge in [-0.05, 0) is 44.0 Å². The predicted octanol–water partition coefficient (Wildman–Crippen LogP) is 6.33. The quantitative estimate of drug-likeness (QED) is 0.240. The molecular weight excluding hydrogens is 453 g/mol. The molecule has 0 fully saturated rings. The van der Waals surface area contributed by atoms with Crippen LogP contribution in [0.5, 0.6) is 0 Å². The van der Waals surface area contributed by atoms with Gasteiger partial charge in [0.2, 0.25) is 13.3 Å². The summed E-state index contributed by atoms with van der Waals surface area (Å²) >= 11 is 0. The molecule has 0 aliphatic carbocycles. The third-order valence-electron chi connectivity index (χ3n) is 6.16. The van der Waals surface area contributed by atoms with Gasteiger partial charge in [-0.1, -0.05) is 58.0 Å². The van der Waals surface area contributed by atoms with Gasteiger partial charge in [0.1, 0.15) is 5.78 Å². The highest BCUT2D eigenvalue weighted by molar-refractivity contribution is 7.59. The zero-order valence-corrected chi connectivity index (χ0v) is 23.7. The normalized spacial score (nSPS) is 16.0. The molecule has 8 heteroatoms. The maximum atomic E-state index is 13.0. The molecule has 1 rings (SSSR count). The first-order valence-corrected chi connectivity index (χ1v) is 16.9. The third kappa shape index (κ3) is 10.3. The molecule has 6 nitrogen and oxygen atoms in total. The van der Waals surface area contributed by atoms with E-state index in [0.717, 1.165) is 5.56 Å². The highest BCUT2D eigenvalue weighted by Gasteiger charge is 2.40. The van der Waals surface area contributed by atoms with Crippen molar-refractivity contribution in [2.45, 2.75) is 91.1 Å². The van der Waals surface area contributed by atoms with Crippen molar-refractivity contribution in [3.63, 3.8) is 0 Å². The number of hydrogen-bond donors (Lipinski definition) is 1. The Hall–Kier alpha value is -1.27. The van der Waals surface area contributed by atoms with Gasteiger partial charge in [0.05, 0.1) is 31.3 Å². The fourth-order valence-electron chi connectivity index (χ4n) is 3.43. The molecule has 0 spiro atoms. The Morgan fingerprint density at radius 3 is 2.21 bits per heavy atom. The van der Waals surface area contributed by atoms with Gasteiger partial charge in [0, 0.05) is 12.6 Å². The van der Waals surface area contributed by atoms with E-state index in [1.165, 1.54) is 0 Å². The lowest BCUT2D eigenvalue weighted by atomic mass is 10.1. The predicted molar refractivity (Wildman–Crippen MR) is 139 cm³/mol. The van der Waals surface area contributed by atoms with Crippen LogP contribution in [0.4, 0.5) is 0 Å². The highest BCUT2D eigenvalue weighted by atomic mass is 31.2. The first kappa shape index (κ1) is 29.8. The van der Waals surface area contributed by atoms with Gasteiger partial charge in [-0.2, -0.15) is 0 Å². The largest absolute Gasteiger partial charge is 0.413 e. The zero-order chi connectivity index (χ0) is 25.3. The molecule has 0 aliphatic rings. The van der Waals surface area contributed by atoms with Crippen LogP contribution in [0.3, 0.4) is 0 Å². The smallest absolute Gasteiger partial charge is 0.223 e. The fraction of sp³-hybridized carbons (Fsp3) is 0.680. The molecule has 1 N–H and O–H groups in total. The minimum Gasteiger partial charge on any atom is -0.413 e. The number of nitrogens with one attached hydrogen (secondary N) is 1. The second kappa shape index (κ2) is 13.0. The van der Waals surface area contributed by atoms with Gasteiger partial charge in [-0.25, -0.2) is 0 Å². The lowest BCUT2D eigenvalue weighted by Crippen LogP contribution is -2.45. The summed E-state index contributed by atoms with van der Waals surface area (Å²) < 4.78 is 25.0. The molecule has 0 aromatic heterocycles. The summed E-state index contributed by atoms with van der Waals surface area (Å²) in [6.07, 6.45) is 0.554. The first-order valence-electron chi connectivity index (χ1n) is 12.0. The van der Waals surface area contributed by atoms with Crippen LogP contribution in [-0.2, 0) is 23.1 Å². The van der Waals surface area contributed by atoms with Crippen LogP contribution in [-0.4, -0.2) is 45.0 Å². The molecule has 3 atom stereocenters. The Morgan fingerprint density at radius 2 is 1.70 bits per heavy atom. The number of carbonyl (C=O) groups excluding carboxylic acids is 2. The van der Waals surface area contributed by atoms with E-state index in [4.69, 9.17) is 8.95 Å². The highest BCUT2D eigenvalue weighted by Crippen LogP contribution is 2.47. The Morgan fingerprint density at radius 1 is 1.09 bits per heavy atom. The summed E-state index contributed by atoms with van der Waals surface area (Å²) in [5.41, 5.74) is 1.01. The Labute approximate surface area is 201 Å². The minimum atomic E-state index is -3.01. The second-order valence-electron chi connectivity index (χ2n) is 10.3. The van der Waals surface area contributed by atoms with Crippen molar-refractivity contribution in [2.75, 3.05) is 18.9 Å². The average molecular weight is 498 g/mol. The van der Waals surface area contributed by atoms with E-state index in [-0.39, 0.29) is 41.8 Å². The van der Waals surface area contributed by atoms with Crippen molar-refractivity contribution in [1.82, 2.24) is 5.32 Å². The molecule has 0 saturated heterocycles. The monoisotopic (exact) mass is 497 g/mol. The summed E-state index contributed by atoms with van der Waals surface area (Å²) in [4.78, 5) is 25.8. The molecule has 0 saturated carbocycles. The summed E-state index contributed by atoms with van der Waals surface area (Å²) in [6.45, 7) is 16.6. The third-order valence-corrected chi connectivity index (χ3v) is 13.4. The number of carbonyl (C=O) groups is 2. The van der Waals surface area contributed by atoms with Gasteiger partial charge in [-0.3, -0.25) is 14.2 Å². The van der Waals surface area contributed by atoms with Gasteiger partial charge < -0.3 is 14.3 Å². The molecule has 33 heavy (non-hydrogen) atoms. The van der Waals surface area contributed by atoms with Crippen molar-refractivity contribution in [3.8, 4) is 0 Å². The van der Waals surface area contributed by atoms with Crippen LogP contribution in [0.25, 0.3) is 0 Å². The van der Waals surface area contributed by atoms with Crippen LogP contribution in [0, 0.1) is 0 Å². The lowest BCUT2D eigenvalue weighted by Gasteiger charge is -2.39. The number of Topliss-reactive ketones (excluding diaryl/α,β-unsaturated/α-hetero) is 1. The number of ketones is 1. The van der Waals surface area contributed by atoms with Crippen LogP contribution in [0.2, 0.25) is 18.1 Å². The average Bonchev–Trinajstić information content (AvgIpc) is 2.67. The van der Waals surface area contributed by atoms with E-state index in [2.05, 4.69) is 39.2 Å². The van der Waals surface area contributed by atoms with E-state index in [0.29, 0.717) is 19.2 Å². The van der Waals surface area contributed by atoms with Crippen LogP contribution >= 0.6 is 7.37 Å². The fourth-order valence-corrected chi connectivity index (χ4v) is 6.98. The summed E-state index contributed by atoms with van der Waals surface area (Å²) in [5, 5.41) is 2.95. The topological polar surface area (TPSA) is 81.7 Å². The standard InChI is InChI=1S/C25H44NO5PSi/c1-9-16-32(29,30-10-2)19-22(27)17-23(31-33(7,8)25(4,5)6)18-24(28)26-20(3)21-14-12-11-13-15-21/h11-15,20,23H,9-10,16-19H2,1-8H3,(H,26,28)/t20-,23+,32?/m0/s1. The molecule has 1 amide bonds. The molecule has 188 valence electrons. The van der Waals surface area contributed by atoms with E-state index >= 15 is 0 Å². The van der Waals surface area contributed by atoms with Crippen molar-refractivity contribution in [2.24, 2.45) is 0 Å². The number of rotatable bonds is 14. The molecule has 1 unspecified atom stereocenters. The molecule has 1 aromatic carbocycles.